The molecule has 2 aliphatic rings. The zero-order valence-electron chi connectivity index (χ0n) is 7.89. The molecule has 1 saturated heterocycles. The first-order chi connectivity index (χ1) is 6.54. The number of halogens is 3. The largest absolute Gasteiger partial charge is 0.399 e. The van der Waals surface area contributed by atoms with Crippen molar-refractivity contribution in [2.24, 2.45) is 11.8 Å². The molecular weight excluding hydrogens is 211 g/mol. The Morgan fingerprint density at radius 2 is 1.71 bits per heavy atom. The van der Waals surface area contributed by atoms with Crippen LogP contribution in [0.25, 0.3) is 0 Å². The van der Waals surface area contributed by atoms with E-state index in [-0.39, 0.29) is 0 Å². The maximum absolute atomic E-state index is 12.0. The molecule has 0 bridgehead atoms. The summed E-state index contributed by atoms with van der Waals surface area (Å²) in [4.78, 5) is 0. The molecule has 1 nitrogen and oxygen atoms in total. The zero-order chi connectivity index (χ0) is 10.2. The number of rotatable bonds is 2. The van der Waals surface area contributed by atoms with Crippen LogP contribution in [0.15, 0.2) is 0 Å². The lowest BCUT2D eigenvalue weighted by Gasteiger charge is -2.16. The third kappa shape index (κ3) is 2.57. The third-order valence-corrected chi connectivity index (χ3v) is 4.22. The fourth-order valence-electron chi connectivity index (χ4n) is 2.46. The van der Waals surface area contributed by atoms with Gasteiger partial charge < -0.3 is 0 Å². The van der Waals surface area contributed by atoms with E-state index >= 15 is 0 Å². The van der Waals surface area contributed by atoms with Crippen molar-refractivity contribution in [3.05, 3.63) is 0 Å². The molecule has 1 aliphatic carbocycles. The van der Waals surface area contributed by atoms with Crippen molar-refractivity contribution in [3.63, 3.8) is 0 Å². The number of fused-ring (bicyclic) bond motifs is 1. The Labute approximate surface area is 86.2 Å². The van der Waals surface area contributed by atoms with Crippen molar-refractivity contribution in [2.75, 3.05) is 18.8 Å². The molecule has 0 unspecified atom stereocenters. The lowest BCUT2D eigenvalue weighted by Crippen LogP contribution is -2.19. The number of hydrogen-bond acceptors (Lipinski definition) is 2. The number of nitrogens with zero attached hydrogens (tertiary/aromatic N) is 1. The molecule has 1 aliphatic heterocycles. The number of alkyl halides is 3. The summed E-state index contributed by atoms with van der Waals surface area (Å²) < 4.78 is 37.8. The minimum absolute atomic E-state index is 0.677. The molecular formula is C9H14F3NS. The van der Waals surface area contributed by atoms with Gasteiger partial charge in [-0.1, -0.05) is 18.4 Å². The Bertz CT molecular complexity index is 195. The summed E-state index contributed by atoms with van der Waals surface area (Å²) in [6, 6.07) is 0. The second kappa shape index (κ2) is 3.93. The normalized spacial score (nSPS) is 33.6. The first kappa shape index (κ1) is 10.6. The van der Waals surface area contributed by atoms with E-state index in [0.29, 0.717) is 11.8 Å². The van der Waals surface area contributed by atoms with Crippen LogP contribution in [0, 0.1) is 11.8 Å². The SMILES string of the molecule is FC(F)(F)CSN1C[C@H]2CCC[C@H]2C1. The van der Waals surface area contributed by atoms with Gasteiger partial charge in [-0.2, -0.15) is 13.2 Å². The van der Waals surface area contributed by atoms with E-state index in [4.69, 9.17) is 0 Å². The molecule has 2 rings (SSSR count). The van der Waals surface area contributed by atoms with Gasteiger partial charge in [0.1, 0.15) is 5.75 Å². The van der Waals surface area contributed by atoms with Crippen LogP contribution in [-0.2, 0) is 0 Å². The Kier molecular flexibility index (Phi) is 2.98. The molecule has 82 valence electrons. The lowest BCUT2D eigenvalue weighted by atomic mass is 10.0. The van der Waals surface area contributed by atoms with Gasteiger partial charge in [0.25, 0.3) is 0 Å². The van der Waals surface area contributed by atoms with Gasteiger partial charge in [0.05, 0.1) is 0 Å². The third-order valence-electron chi connectivity index (χ3n) is 3.10. The molecule has 1 saturated carbocycles. The highest BCUT2D eigenvalue weighted by atomic mass is 32.2. The second-order valence-corrected chi connectivity index (χ2v) is 5.25. The molecule has 0 spiro atoms. The van der Waals surface area contributed by atoms with E-state index in [0.717, 1.165) is 25.0 Å². The highest BCUT2D eigenvalue weighted by Gasteiger charge is 2.38. The van der Waals surface area contributed by atoms with E-state index < -0.39 is 11.9 Å². The van der Waals surface area contributed by atoms with E-state index in [1.807, 2.05) is 4.31 Å². The summed E-state index contributed by atoms with van der Waals surface area (Å²) in [6.07, 6.45) is -0.322. The van der Waals surface area contributed by atoms with Gasteiger partial charge in [0.2, 0.25) is 0 Å². The Balaban J connectivity index is 1.74. The Morgan fingerprint density at radius 1 is 1.14 bits per heavy atom. The summed E-state index contributed by atoms with van der Waals surface area (Å²) in [5.74, 6) is 0.623. The fourth-order valence-corrected chi connectivity index (χ4v) is 3.38. The maximum Gasteiger partial charge on any atom is 0.399 e. The minimum atomic E-state index is -4.03. The highest BCUT2D eigenvalue weighted by molar-refractivity contribution is 7.97. The monoisotopic (exact) mass is 225 g/mol. The van der Waals surface area contributed by atoms with Crippen LogP contribution in [0.1, 0.15) is 19.3 Å². The van der Waals surface area contributed by atoms with Gasteiger partial charge in [0.15, 0.2) is 0 Å². The molecule has 14 heavy (non-hydrogen) atoms. The molecule has 1 heterocycles. The van der Waals surface area contributed by atoms with Crippen molar-refractivity contribution in [1.29, 1.82) is 0 Å². The van der Waals surface area contributed by atoms with E-state index in [1.165, 1.54) is 19.3 Å². The maximum atomic E-state index is 12.0. The van der Waals surface area contributed by atoms with Crippen molar-refractivity contribution in [2.45, 2.75) is 25.4 Å². The van der Waals surface area contributed by atoms with Crippen LogP contribution in [0.3, 0.4) is 0 Å². The molecule has 2 fully saturated rings. The molecule has 0 N–H and O–H groups in total. The average Bonchev–Trinajstić information content (AvgIpc) is 2.56. The predicted octanol–water partition coefficient (Wildman–Crippen LogP) is 2.93. The zero-order valence-corrected chi connectivity index (χ0v) is 8.70. The van der Waals surface area contributed by atoms with Crippen LogP contribution in [0.4, 0.5) is 13.2 Å². The standard InChI is InChI=1S/C9H14F3NS/c10-9(11,12)6-14-13-4-7-2-1-3-8(7)5-13/h7-8H,1-6H2/t7-,8+. The van der Waals surface area contributed by atoms with Gasteiger partial charge in [-0.05, 0) is 24.7 Å². The first-order valence-corrected chi connectivity index (χ1v) is 5.93. The van der Waals surface area contributed by atoms with Crippen LogP contribution in [0.2, 0.25) is 0 Å². The van der Waals surface area contributed by atoms with E-state index in [9.17, 15) is 13.2 Å². The quantitative estimate of drug-likeness (QED) is 0.665. The summed E-state index contributed by atoms with van der Waals surface area (Å²) >= 11 is 0.956. The highest BCUT2D eigenvalue weighted by Crippen LogP contribution is 2.40. The molecule has 0 amide bonds. The van der Waals surface area contributed by atoms with Crippen molar-refractivity contribution < 1.29 is 13.2 Å². The van der Waals surface area contributed by atoms with Crippen molar-refractivity contribution >= 4 is 11.9 Å². The minimum Gasteiger partial charge on any atom is -0.250 e. The van der Waals surface area contributed by atoms with Crippen molar-refractivity contribution in [3.8, 4) is 0 Å². The number of hydrogen-bond donors (Lipinski definition) is 0. The van der Waals surface area contributed by atoms with Gasteiger partial charge in [-0.15, -0.1) is 0 Å². The first-order valence-electron chi connectivity index (χ1n) is 4.99. The summed E-state index contributed by atoms with van der Waals surface area (Å²) in [5.41, 5.74) is 0. The molecule has 0 aromatic heterocycles. The summed E-state index contributed by atoms with van der Waals surface area (Å²) in [7, 11) is 0. The van der Waals surface area contributed by atoms with Crippen LogP contribution in [0.5, 0.6) is 0 Å². The Morgan fingerprint density at radius 3 is 2.21 bits per heavy atom. The van der Waals surface area contributed by atoms with Gasteiger partial charge in [-0.3, -0.25) is 0 Å². The lowest BCUT2D eigenvalue weighted by molar-refractivity contribution is -0.105. The summed E-state index contributed by atoms with van der Waals surface area (Å²) in [6.45, 7) is 1.73. The molecule has 0 aromatic rings. The fraction of sp³-hybridized carbons (Fsp3) is 1.00. The molecule has 0 radical (unpaired) electrons. The van der Waals surface area contributed by atoms with E-state index in [2.05, 4.69) is 0 Å². The molecule has 5 heteroatoms. The van der Waals surface area contributed by atoms with Gasteiger partial charge in [-0.25, -0.2) is 4.31 Å². The van der Waals surface area contributed by atoms with Gasteiger partial charge in [0, 0.05) is 13.1 Å². The molecule has 2 atom stereocenters. The topological polar surface area (TPSA) is 3.24 Å². The van der Waals surface area contributed by atoms with Crippen LogP contribution in [-0.4, -0.2) is 29.3 Å². The smallest absolute Gasteiger partial charge is 0.250 e. The molecule has 0 aromatic carbocycles. The average molecular weight is 225 g/mol. The Hall–Kier alpha value is 0.1000. The summed E-state index contributed by atoms with van der Waals surface area (Å²) in [5, 5.41) is 0. The van der Waals surface area contributed by atoms with Crippen LogP contribution >= 0.6 is 11.9 Å². The van der Waals surface area contributed by atoms with Crippen molar-refractivity contribution in [1.82, 2.24) is 4.31 Å². The predicted molar refractivity (Wildman–Crippen MR) is 50.9 cm³/mol. The second-order valence-electron chi connectivity index (χ2n) is 4.19. The van der Waals surface area contributed by atoms with E-state index in [1.54, 1.807) is 0 Å². The van der Waals surface area contributed by atoms with Crippen LogP contribution < -0.4 is 0 Å². The van der Waals surface area contributed by atoms with Gasteiger partial charge >= 0.3 is 6.18 Å².